The molecule has 21 heavy (non-hydrogen) atoms. The number of aliphatic hydroxyl groups excluding tert-OH is 1. The second-order valence-corrected chi connectivity index (χ2v) is 6.88. The molecule has 114 valence electrons. The van der Waals surface area contributed by atoms with E-state index in [9.17, 15) is 5.11 Å². The molecule has 2 aromatic heterocycles. The van der Waals surface area contributed by atoms with Crippen LogP contribution in [-0.2, 0) is 13.5 Å². The number of aliphatic hydroxyl groups is 1. The lowest BCUT2D eigenvalue weighted by Crippen LogP contribution is -2.37. The number of thiophene rings is 1. The van der Waals surface area contributed by atoms with Gasteiger partial charge in [0, 0.05) is 30.9 Å². The molecule has 0 amide bonds. The summed E-state index contributed by atoms with van der Waals surface area (Å²) in [6.07, 6.45) is 6.48. The lowest BCUT2D eigenvalue weighted by atomic mass is 9.90. The van der Waals surface area contributed by atoms with Gasteiger partial charge in [0.25, 0.3) is 0 Å². The third kappa shape index (κ3) is 3.54. The molecule has 0 bridgehead atoms. The molecule has 1 atom stereocenters. The van der Waals surface area contributed by atoms with E-state index in [2.05, 4.69) is 27.4 Å². The number of nitrogens with zero attached hydrogens (tertiary/aromatic N) is 3. The molecule has 0 aromatic carbocycles. The fraction of sp³-hybridized carbons (Fsp3) is 0.562. The van der Waals surface area contributed by atoms with Crippen molar-refractivity contribution in [1.82, 2.24) is 14.5 Å². The molecule has 1 aliphatic rings. The van der Waals surface area contributed by atoms with E-state index < -0.39 is 6.10 Å². The van der Waals surface area contributed by atoms with E-state index in [-0.39, 0.29) is 0 Å². The average Bonchev–Trinajstić information content (AvgIpc) is 3.16. The van der Waals surface area contributed by atoms with E-state index in [1.807, 2.05) is 29.1 Å². The number of hydrogen-bond donors (Lipinski definition) is 1. The minimum absolute atomic E-state index is 0.337. The van der Waals surface area contributed by atoms with Gasteiger partial charge in [0.2, 0.25) is 0 Å². The molecule has 0 spiro atoms. The Bertz CT molecular complexity index is 544. The molecule has 4 nitrogen and oxygen atoms in total. The lowest BCUT2D eigenvalue weighted by Gasteiger charge is -2.33. The number of rotatable bonds is 5. The molecule has 3 heterocycles. The molecule has 5 heteroatoms. The van der Waals surface area contributed by atoms with Crippen molar-refractivity contribution >= 4 is 11.3 Å². The highest BCUT2D eigenvalue weighted by molar-refractivity contribution is 7.09. The summed E-state index contributed by atoms with van der Waals surface area (Å²) in [5, 5.41) is 12.6. The Morgan fingerprint density at radius 3 is 2.86 bits per heavy atom. The molecular formula is C16H23N3OS. The quantitative estimate of drug-likeness (QED) is 0.922. The Hall–Kier alpha value is -1.17. The first-order valence-electron chi connectivity index (χ1n) is 7.64. The van der Waals surface area contributed by atoms with Crippen LogP contribution in [0.5, 0.6) is 0 Å². The third-order valence-corrected chi connectivity index (χ3v) is 5.39. The Morgan fingerprint density at radius 1 is 1.43 bits per heavy atom. The zero-order valence-electron chi connectivity index (χ0n) is 12.5. The molecule has 1 fully saturated rings. The average molecular weight is 305 g/mol. The molecular weight excluding hydrogens is 282 g/mol. The van der Waals surface area contributed by atoms with Crippen LogP contribution in [0.4, 0.5) is 0 Å². The molecule has 0 radical (unpaired) electrons. The number of aromatic nitrogens is 2. The Labute approximate surface area is 130 Å². The van der Waals surface area contributed by atoms with Crippen LogP contribution in [0.3, 0.4) is 0 Å². The second-order valence-electron chi connectivity index (χ2n) is 5.85. The van der Waals surface area contributed by atoms with Gasteiger partial charge in [-0.2, -0.15) is 0 Å². The van der Waals surface area contributed by atoms with E-state index in [0.717, 1.165) is 44.7 Å². The van der Waals surface area contributed by atoms with Crippen LogP contribution >= 0.6 is 11.3 Å². The maximum atomic E-state index is 10.5. The number of hydrogen-bond acceptors (Lipinski definition) is 4. The van der Waals surface area contributed by atoms with Crippen molar-refractivity contribution in [3.05, 3.63) is 40.6 Å². The van der Waals surface area contributed by atoms with Crippen molar-refractivity contribution in [3.63, 3.8) is 0 Å². The minimum Gasteiger partial charge on any atom is -0.385 e. The fourth-order valence-electron chi connectivity index (χ4n) is 3.09. The number of aryl methyl sites for hydroxylation is 1. The topological polar surface area (TPSA) is 41.3 Å². The van der Waals surface area contributed by atoms with Gasteiger partial charge in [-0.3, -0.25) is 0 Å². The van der Waals surface area contributed by atoms with Crippen molar-refractivity contribution in [3.8, 4) is 0 Å². The smallest absolute Gasteiger partial charge is 0.137 e. The normalized spacial score (nSPS) is 19.0. The Kier molecular flexibility index (Phi) is 4.73. The maximum Gasteiger partial charge on any atom is 0.137 e. The number of piperidine rings is 1. The van der Waals surface area contributed by atoms with E-state index in [1.165, 1.54) is 4.88 Å². The van der Waals surface area contributed by atoms with Gasteiger partial charge in [0.15, 0.2) is 0 Å². The van der Waals surface area contributed by atoms with Crippen molar-refractivity contribution < 1.29 is 5.11 Å². The van der Waals surface area contributed by atoms with Crippen LogP contribution in [-0.4, -0.2) is 39.2 Å². The summed E-state index contributed by atoms with van der Waals surface area (Å²) in [5.41, 5.74) is 0. The van der Waals surface area contributed by atoms with Gasteiger partial charge >= 0.3 is 0 Å². The molecule has 1 aliphatic heterocycles. The lowest BCUT2D eigenvalue weighted by molar-refractivity contribution is 0.0515. The van der Waals surface area contributed by atoms with Crippen LogP contribution in [0.1, 0.15) is 29.6 Å². The standard InChI is InChI=1S/C16H23N3OS/c1-18-11-7-17-16(18)15(20)13-4-8-19(9-5-13)10-6-14-3-2-12-21-14/h2-3,7,11-13,15,20H,4-6,8-10H2,1H3/t15-/m0/s1. The highest BCUT2D eigenvalue weighted by atomic mass is 32.1. The van der Waals surface area contributed by atoms with Crippen LogP contribution < -0.4 is 0 Å². The Morgan fingerprint density at radius 2 is 2.24 bits per heavy atom. The van der Waals surface area contributed by atoms with Crippen molar-refractivity contribution in [1.29, 1.82) is 0 Å². The summed E-state index contributed by atoms with van der Waals surface area (Å²) in [7, 11) is 1.95. The minimum atomic E-state index is -0.426. The molecule has 3 rings (SSSR count). The molecule has 1 saturated heterocycles. The number of imidazole rings is 1. The third-order valence-electron chi connectivity index (χ3n) is 4.46. The van der Waals surface area contributed by atoms with E-state index in [1.54, 1.807) is 6.20 Å². The summed E-state index contributed by atoms with van der Waals surface area (Å²) in [6, 6.07) is 4.33. The summed E-state index contributed by atoms with van der Waals surface area (Å²) in [6.45, 7) is 3.29. The molecule has 1 N–H and O–H groups in total. The van der Waals surface area contributed by atoms with Crippen LogP contribution in [0.25, 0.3) is 0 Å². The molecule has 0 aliphatic carbocycles. The monoisotopic (exact) mass is 305 g/mol. The van der Waals surface area contributed by atoms with Crippen LogP contribution in [0.2, 0.25) is 0 Å². The van der Waals surface area contributed by atoms with Crippen LogP contribution in [0.15, 0.2) is 29.9 Å². The van der Waals surface area contributed by atoms with Crippen molar-refractivity contribution in [2.24, 2.45) is 13.0 Å². The van der Waals surface area contributed by atoms with Crippen LogP contribution in [0, 0.1) is 5.92 Å². The van der Waals surface area contributed by atoms with Crippen molar-refractivity contribution in [2.45, 2.75) is 25.4 Å². The van der Waals surface area contributed by atoms with Gasteiger partial charge < -0.3 is 14.6 Å². The zero-order chi connectivity index (χ0) is 14.7. The SMILES string of the molecule is Cn1ccnc1[C@@H](O)C1CCN(CCc2cccs2)CC1. The highest BCUT2D eigenvalue weighted by Crippen LogP contribution is 2.29. The van der Waals surface area contributed by atoms with Gasteiger partial charge in [-0.05, 0) is 49.7 Å². The maximum absolute atomic E-state index is 10.5. The largest absolute Gasteiger partial charge is 0.385 e. The zero-order valence-corrected chi connectivity index (χ0v) is 13.3. The van der Waals surface area contributed by atoms with E-state index in [4.69, 9.17) is 0 Å². The first-order chi connectivity index (χ1) is 10.2. The predicted molar refractivity (Wildman–Crippen MR) is 85.4 cm³/mol. The van der Waals surface area contributed by atoms with E-state index in [0.29, 0.717) is 5.92 Å². The summed E-state index contributed by atoms with van der Waals surface area (Å²) in [4.78, 5) is 8.26. The first kappa shape index (κ1) is 14.8. The van der Waals surface area contributed by atoms with Gasteiger partial charge in [-0.15, -0.1) is 11.3 Å². The van der Waals surface area contributed by atoms with E-state index >= 15 is 0 Å². The summed E-state index contributed by atoms with van der Waals surface area (Å²) in [5.74, 6) is 1.14. The van der Waals surface area contributed by atoms with Gasteiger partial charge in [-0.1, -0.05) is 6.07 Å². The molecule has 0 saturated carbocycles. The molecule has 0 unspecified atom stereocenters. The second kappa shape index (κ2) is 6.73. The Balaban J connectivity index is 1.47. The number of likely N-dealkylation sites (tertiary alicyclic amines) is 1. The summed E-state index contributed by atoms with van der Waals surface area (Å²) >= 11 is 1.84. The van der Waals surface area contributed by atoms with Gasteiger partial charge in [0.05, 0.1) is 0 Å². The predicted octanol–water partition coefficient (Wildman–Crippen LogP) is 2.47. The van der Waals surface area contributed by atoms with Gasteiger partial charge in [-0.25, -0.2) is 4.98 Å². The first-order valence-corrected chi connectivity index (χ1v) is 8.52. The van der Waals surface area contributed by atoms with Gasteiger partial charge in [0.1, 0.15) is 11.9 Å². The highest BCUT2D eigenvalue weighted by Gasteiger charge is 2.28. The summed E-state index contributed by atoms with van der Waals surface area (Å²) < 4.78 is 1.92. The fourth-order valence-corrected chi connectivity index (χ4v) is 3.79. The molecule has 2 aromatic rings. The van der Waals surface area contributed by atoms with Crippen molar-refractivity contribution in [2.75, 3.05) is 19.6 Å².